The summed E-state index contributed by atoms with van der Waals surface area (Å²) in [5, 5.41) is 6.53. The number of amides is 3. The third-order valence-corrected chi connectivity index (χ3v) is 2.75. The van der Waals surface area contributed by atoms with Crippen molar-refractivity contribution >= 4 is 23.6 Å². The number of alkyl halides is 3. The molecule has 0 saturated carbocycles. The molecule has 26 heavy (non-hydrogen) atoms. The number of halogens is 3. The summed E-state index contributed by atoms with van der Waals surface area (Å²) in [6, 6.07) is 5.47. The maximum atomic E-state index is 12.1. The third-order valence-electron chi connectivity index (χ3n) is 2.75. The lowest BCUT2D eigenvalue weighted by Crippen LogP contribution is -2.39. The van der Waals surface area contributed by atoms with Crippen LogP contribution in [0, 0.1) is 0 Å². The van der Waals surface area contributed by atoms with E-state index in [0.717, 1.165) is 0 Å². The van der Waals surface area contributed by atoms with Gasteiger partial charge in [0.05, 0.1) is 0 Å². The van der Waals surface area contributed by atoms with E-state index in [4.69, 9.17) is 4.74 Å². The van der Waals surface area contributed by atoms with E-state index in [1.807, 2.05) is 0 Å². The number of anilines is 1. The van der Waals surface area contributed by atoms with Gasteiger partial charge in [-0.25, -0.2) is 4.79 Å². The lowest BCUT2D eigenvalue weighted by molar-refractivity contribution is -0.167. The van der Waals surface area contributed by atoms with Gasteiger partial charge in [0.25, 0.3) is 0 Å². The topological polar surface area (TPSA) is 96.5 Å². The summed E-state index contributed by atoms with van der Waals surface area (Å²) >= 11 is 0. The Balaban J connectivity index is 2.40. The number of alkyl carbamates (subject to hydrolysis) is 1. The second kappa shape index (κ2) is 8.54. The zero-order valence-electron chi connectivity index (χ0n) is 14.5. The maximum Gasteiger partial charge on any atom is 0.471 e. The standard InChI is InChI=1S/C16H20F3N3O4/c1-15(2,3)26-14(25)21-9-12(23)20-8-10-4-6-11(7-5-10)22-13(24)16(17,18)19/h4-7H,8-9H2,1-3H3,(H,20,23)(H,21,25)(H,22,24). The van der Waals surface area contributed by atoms with Crippen LogP contribution in [0.3, 0.4) is 0 Å². The van der Waals surface area contributed by atoms with Gasteiger partial charge in [-0.05, 0) is 38.5 Å². The molecule has 0 aliphatic heterocycles. The summed E-state index contributed by atoms with van der Waals surface area (Å²) in [6.45, 7) is 4.88. The van der Waals surface area contributed by atoms with Crippen molar-refractivity contribution in [1.29, 1.82) is 0 Å². The van der Waals surface area contributed by atoms with Crippen LogP contribution in [0.5, 0.6) is 0 Å². The molecule has 7 nitrogen and oxygen atoms in total. The molecule has 1 rings (SSSR count). The van der Waals surface area contributed by atoms with Crippen molar-refractivity contribution < 1.29 is 32.3 Å². The van der Waals surface area contributed by atoms with Gasteiger partial charge < -0.3 is 20.7 Å². The minimum Gasteiger partial charge on any atom is -0.444 e. The molecule has 0 aliphatic carbocycles. The monoisotopic (exact) mass is 375 g/mol. The van der Waals surface area contributed by atoms with Gasteiger partial charge in [-0.3, -0.25) is 9.59 Å². The smallest absolute Gasteiger partial charge is 0.444 e. The average Bonchev–Trinajstić information content (AvgIpc) is 2.49. The summed E-state index contributed by atoms with van der Waals surface area (Å²) in [4.78, 5) is 33.9. The Kier molecular flexibility index (Phi) is 6.99. The van der Waals surface area contributed by atoms with Crippen molar-refractivity contribution in [2.45, 2.75) is 39.1 Å². The van der Waals surface area contributed by atoms with Gasteiger partial charge >= 0.3 is 18.2 Å². The lowest BCUT2D eigenvalue weighted by atomic mass is 10.2. The largest absolute Gasteiger partial charge is 0.471 e. The molecule has 3 N–H and O–H groups in total. The first-order valence-electron chi connectivity index (χ1n) is 7.57. The van der Waals surface area contributed by atoms with Crippen molar-refractivity contribution in [3.05, 3.63) is 29.8 Å². The van der Waals surface area contributed by atoms with E-state index in [1.54, 1.807) is 26.1 Å². The minimum absolute atomic E-state index is 0.0195. The molecule has 0 atom stereocenters. The highest BCUT2D eigenvalue weighted by molar-refractivity contribution is 5.94. The van der Waals surface area contributed by atoms with Gasteiger partial charge in [0.15, 0.2) is 0 Å². The quantitative estimate of drug-likeness (QED) is 0.736. The van der Waals surface area contributed by atoms with E-state index in [9.17, 15) is 27.6 Å². The van der Waals surface area contributed by atoms with Crippen LogP contribution in [0.1, 0.15) is 26.3 Å². The average molecular weight is 375 g/mol. The van der Waals surface area contributed by atoms with E-state index in [-0.39, 0.29) is 18.8 Å². The Morgan fingerprint density at radius 3 is 2.08 bits per heavy atom. The number of nitrogens with one attached hydrogen (secondary N) is 3. The van der Waals surface area contributed by atoms with Gasteiger partial charge in [0.2, 0.25) is 5.91 Å². The van der Waals surface area contributed by atoms with Crippen LogP contribution in [0.15, 0.2) is 24.3 Å². The van der Waals surface area contributed by atoms with Crippen LogP contribution >= 0.6 is 0 Å². The first-order valence-corrected chi connectivity index (χ1v) is 7.57. The lowest BCUT2D eigenvalue weighted by Gasteiger charge is -2.19. The number of carbonyl (C=O) groups is 3. The predicted octanol–water partition coefficient (Wildman–Crippen LogP) is 2.33. The van der Waals surface area contributed by atoms with Crippen molar-refractivity contribution in [1.82, 2.24) is 10.6 Å². The van der Waals surface area contributed by atoms with Crippen molar-refractivity contribution in [2.75, 3.05) is 11.9 Å². The molecule has 10 heteroatoms. The highest BCUT2D eigenvalue weighted by Crippen LogP contribution is 2.18. The van der Waals surface area contributed by atoms with Crippen molar-refractivity contribution in [2.24, 2.45) is 0 Å². The molecular weight excluding hydrogens is 355 g/mol. The van der Waals surface area contributed by atoms with Gasteiger partial charge in [-0.15, -0.1) is 0 Å². The van der Waals surface area contributed by atoms with Crippen LogP contribution in [-0.2, 0) is 20.9 Å². The molecule has 0 aliphatic rings. The summed E-state index contributed by atoms with van der Waals surface area (Å²) in [6.07, 6.45) is -5.69. The summed E-state index contributed by atoms with van der Waals surface area (Å²) in [7, 11) is 0. The van der Waals surface area contributed by atoms with Crippen molar-refractivity contribution in [3.8, 4) is 0 Å². The van der Waals surface area contributed by atoms with Gasteiger partial charge in [0, 0.05) is 12.2 Å². The first-order chi connectivity index (χ1) is 11.9. The van der Waals surface area contributed by atoms with E-state index in [1.165, 1.54) is 24.3 Å². The molecule has 144 valence electrons. The summed E-state index contributed by atoms with van der Waals surface area (Å²) < 4.78 is 41.4. The number of rotatable bonds is 5. The SMILES string of the molecule is CC(C)(C)OC(=O)NCC(=O)NCc1ccc(NC(=O)C(F)(F)F)cc1. The number of hydrogen-bond acceptors (Lipinski definition) is 4. The number of hydrogen-bond donors (Lipinski definition) is 3. The van der Waals surface area contributed by atoms with Gasteiger partial charge in [-0.2, -0.15) is 13.2 Å². The Labute approximate surface area is 148 Å². The number of ether oxygens (including phenoxy) is 1. The molecule has 0 bridgehead atoms. The normalized spacial score (nSPS) is 11.5. The maximum absolute atomic E-state index is 12.1. The van der Waals surface area contributed by atoms with E-state index in [2.05, 4.69) is 10.6 Å². The van der Waals surface area contributed by atoms with E-state index in [0.29, 0.717) is 5.56 Å². The van der Waals surface area contributed by atoms with Gasteiger partial charge in [0.1, 0.15) is 12.1 Å². The van der Waals surface area contributed by atoms with E-state index < -0.39 is 29.7 Å². The fourth-order valence-corrected chi connectivity index (χ4v) is 1.64. The second-order valence-corrected chi connectivity index (χ2v) is 6.28. The summed E-state index contributed by atoms with van der Waals surface area (Å²) in [5.41, 5.74) is -0.0984. The highest BCUT2D eigenvalue weighted by Gasteiger charge is 2.38. The Morgan fingerprint density at radius 2 is 1.58 bits per heavy atom. The molecule has 1 aromatic rings. The molecule has 1 aromatic carbocycles. The molecule has 3 amide bonds. The molecule has 0 spiro atoms. The second-order valence-electron chi connectivity index (χ2n) is 6.28. The first kappa shape index (κ1) is 21.3. The molecular formula is C16H20F3N3O4. The minimum atomic E-state index is -4.96. The molecule has 0 saturated heterocycles. The molecule has 0 heterocycles. The van der Waals surface area contributed by atoms with Crippen LogP contribution in [0.2, 0.25) is 0 Å². The van der Waals surface area contributed by atoms with Crippen molar-refractivity contribution in [3.63, 3.8) is 0 Å². The number of carbonyl (C=O) groups excluding carboxylic acids is 3. The Morgan fingerprint density at radius 1 is 1.00 bits per heavy atom. The van der Waals surface area contributed by atoms with E-state index >= 15 is 0 Å². The Hall–Kier alpha value is -2.78. The Bertz CT molecular complexity index is 652. The fraction of sp³-hybridized carbons (Fsp3) is 0.438. The molecule has 0 aromatic heterocycles. The predicted molar refractivity (Wildman–Crippen MR) is 87.2 cm³/mol. The van der Waals surface area contributed by atoms with Crippen LogP contribution in [0.25, 0.3) is 0 Å². The molecule has 0 radical (unpaired) electrons. The third kappa shape index (κ3) is 8.36. The van der Waals surface area contributed by atoms with Crippen LogP contribution < -0.4 is 16.0 Å². The number of benzene rings is 1. The highest BCUT2D eigenvalue weighted by atomic mass is 19.4. The molecule has 0 fully saturated rings. The van der Waals surface area contributed by atoms with Crippen LogP contribution in [-0.4, -0.2) is 36.2 Å². The zero-order chi connectivity index (χ0) is 20.0. The van der Waals surface area contributed by atoms with Gasteiger partial charge in [-0.1, -0.05) is 12.1 Å². The molecule has 0 unspecified atom stereocenters. The summed E-state index contributed by atoms with van der Waals surface area (Å²) in [5.74, 6) is -2.53. The zero-order valence-corrected chi connectivity index (χ0v) is 14.5. The van der Waals surface area contributed by atoms with Crippen LogP contribution in [0.4, 0.5) is 23.7 Å². The fourth-order valence-electron chi connectivity index (χ4n) is 1.64.